The molecule has 0 amide bonds. The number of nitrogens with zero attached hydrogens (tertiary/aromatic N) is 1. The van der Waals surface area contributed by atoms with Crippen molar-refractivity contribution >= 4 is 9.28 Å². The van der Waals surface area contributed by atoms with E-state index in [0.29, 0.717) is 0 Å². The topological polar surface area (TPSA) is 21.7 Å². The molecule has 4 heteroatoms. The van der Waals surface area contributed by atoms with Gasteiger partial charge in [0.1, 0.15) is 0 Å². The van der Waals surface area contributed by atoms with Crippen molar-refractivity contribution in [3.8, 4) is 0 Å². The highest BCUT2D eigenvalue weighted by Crippen LogP contribution is 1.89. The van der Waals surface area contributed by atoms with Gasteiger partial charge in [-0.1, -0.05) is 13.8 Å². The Labute approximate surface area is 77.5 Å². The molecule has 0 aliphatic heterocycles. The molecule has 0 aromatic heterocycles. The van der Waals surface area contributed by atoms with E-state index in [0.717, 1.165) is 26.2 Å². The van der Waals surface area contributed by atoms with Crippen LogP contribution in [0.2, 0.25) is 6.55 Å². The van der Waals surface area contributed by atoms with Crippen LogP contribution >= 0.6 is 0 Å². The SMILES string of the molecule is CCN(CC)CCO[SiH](C)OC. The third-order valence-electron chi connectivity index (χ3n) is 1.99. The number of hydrogen-bond acceptors (Lipinski definition) is 3. The lowest BCUT2D eigenvalue weighted by Gasteiger charge is -2.18. The molecule has 0 saturated carbocycles. The van der Waals surface area contributed by atoms with Gasteiger partial charge < -0.3 is 13.8 Å². The Bertz CT molecular complexity index is 99.1. The molecule has 0 spiro atoms. The van der Waals surface area contributed by atoms with Crippen molar-refractivity contribution in [3.05, 3.63) is 0 Å². The van der Waals surface area contributed by atoms with Crippen LogP contribution in [0.3, 0.4) is 0 Å². The lowest BCUT2D eigenvalue weighted by molar-refractivity contribution is 0.188. The zero-order valence-electron chi connectivity index (χ0n) is 8.67. The van der Waals surface area contributed by atoms with Gasteiger partial charge in [-0.05, 0) is 19.6 Å². The molecule has 3 nitrogen and oxygen atoms in total. The van der Waals surface area contributed by atoms with Gasteiger partial charge in [0.2, 0.25) is 0 Å². The summed E-state index contributed by atoms with van der Waals surface area (Å²) in [6.07, 6.45) is 0. The fourth-order valence-electron chi connectivity index (χ4n) is 0.956. The minimum absolute atomic E-state index is 0.808. The van der Waals surface area contributed by atoms with Crippen LogP contribution in [-0.2, 0) is 8.85 Å². The standard InChI is InChI=1S/C8H21NO2Si/c1-5-9(6-2)7-8-11-12(4)10-3/h12H,5-8H2,1-4H3. The first-order valence-corrected chi connectivity index (χ1v) is 6.71. The van der Waals surface area contributed by atoms with Gasteiger partial charge in [-0.3, -0.25) is 0 Å². The molecule has 1 atom stereocenters. The van der Waals surface area contributed by atoms with Gasteiger partial charge in [0, 0.05) is 20.3 Å². The normalized spacial score (nSPS) is 13.8. The first-order valence-electron chi connectivity index (χ1n) is 4.61. The third-order valence-corrected chi connectivity index (χ3v) is 3.36. The molecule has 0 aromatic rings. The fraction of sp³-hybridized carbons (Fsp3) is 1.00. The van der Waals surface area contributed by atoms with Crippen LogP contribution in [0.1, 0.15) is 13.8 Å². The van der Waals surface area contributed by atoms with E-state index in [1.54, 1.807) is 7.11 Å². The summed E-state index contributed by atoms with van der Waals surface area (Å²) in [5.41, 5.74) is 0. The van der Waals surface area contributed by atoms with Gasteiger partial charge in [-0.25, -0.2) is 0 Å². The molecule has 0 aliphatic rings. The van der Waals surface area contributed by atoms with Gasteiger partial charge in [0.25, 0.3) is 0 Å². The van der Waals surface area contributed by atoms with Crippen LogP contribution < -0.4 is 0 Å². The molecule has 12 heavy (non-hydrogen) atoms. The van der Waals surface area contributed by atoms with E-state index in [4.69, 9.17) is 8.85 Å². The predicted octanol–water partition coefficient (Wildman–Crippen LogP) is 0.841. The van der Waals surface area contributed by atoms with Crippen molar-refractivity contribution in [2.75, 3.05) is 33.4 Å². The van der Waals surface area contributed by atoms with Gasteiger partial charge in [0.15, 0.2) is 0 Å². The first kappa shape index (κ1) is 12.1. The summed E-state index contributed by atoms with van der Waals surface area (Å²) in [7, 11) is 0.428. The average molecular weight is 191 g/mol. The summed E-state index contributed by atoms with van der Waals surface area (Å²) in [6.45, 7) is 10.4. The largest absolute Gasteiger partial charge is 0.400 e. The Balaban J connectivity index is 3.28. The Morgan fingerprint density at radius 1 is 1.25 bits per heavy atom. The second kappa shape index (κ2) is 7.73. The van der Waals surface area contributed by atoms with Gasteiger partial charge in [0.05, 0.1) is 0 Å². The van der Waals surface area contributed by atoms with E-state index in [9.17, 15) is 0 Å². The van der Waals surface area contributed by atoms with Gasteiger partial charge in [-0.2, -0.15) is 0 Å². The van der Waals surface area contributed by atoms with Crippen molar-refractivity contribution in [2.24, 2.45) is 0 Å². The number of hydrogen-bond donors (Lipinski definition) is 0. The highest BCUT2D eigenvalue weighted by Gasteiger charge is 2.03. The number of rotatable bonds is 7. The van der Waals surface area contributed by atoms with E-state index < -0.39 is 9.28 Å². The highest BCUT2D eigenvalue weighted by molar-refractivity contribution is 6.42. The van der Waals surface area contributed by atoms with Crippen LogP contribution in [0, 0.1) is 0 Å². The van der Waals surface area contributed by atoms with Gasteiger partial charge in [-0.15, -0.1) is 0 Å². The average Bonchev–Trinajstić information content (AvgIpc) is 2.12. The Morgan fingerprint density at radius 2 is 1.83 bits per heavy atom. The van der Waals surface area contributed by atoms with Crippen LogP contribution in [0.15, 0.2) is 0 Å². The quantitative estimate of drug-likeness (QED) is 0.557. The van der Waals surface area contributed by atoms with Crippen molar-refractivity contribution in [2.45, 2.75) is 20.4 Å². The molecule has 0 fully saturated rings. The molecule has 0 bridgehead atoms. The predicted molar refractivity (Wildman–Crippen MR) is 53.8 cm³/mol. The maximum atomic E-state index is 5.50. The van der Waals surface area contributed by atoms with E-state index in [1.165, 1.54) is 0 Å². The summed E-state index contributed by atoms with van der Waals surface area (Å²) < 4.78 is 10.6. The minimum atomic E-state index is -1.29. The zero-order valence-corrected chi connectivity index (χ0v) is 9.82. The molecule has 0 aliphatic carbocycles. The molecular formula is C8H21NO2Si. The Kier molecular flexibility index (Phi) is 7.79. The highest BCUT2D eigenvalue weighted by atomic mass is 28.3. The maximum absolute atomic E-state index is 5.50. The van der Waals surface area contributed by atoms with E-state index in [1.807, 2.05) is 6.55 Å². The van der Waals surface area contributed by atoms with E-state index in [2.05, 4.69) is 18.7 Å². The van der Waals surface area contributed by atoms with Crippen LogP contribution in [0.5, 0.6) is 0 Å². The summed E-state index contributed by atoms with van der Waals surface area (Å²) in [4.78, 5) is 2.34. The van der Waals surface area contributed by atoms with Crippen LogP contribution in [0.25, 0.3) is 0 Å². The molecule has 1 unspecified atom stereocenters. The molecule has 0 radical (unpaired) electrons. The molecule has 0 rings (SSSR count). The Hall–Kier alpha value is 0.0969. The molecule has 0 saturated heterocycles. The molecule has 0 heterocycles. The maximum Gasteiger partial charge on any atom is 0.317 e. The van der Waals surface area contributed by atoms with Crippen molar-refractivity contribution in [1.29, 1.82) is 0 Å². The van der Waals surface area contributed by atoms with Crippen LogP contribution in [0.4, 0.5) is 0 Å². The second-order valence-electron chi connectivity index (χ2n) is 2.70. The third kappa shape index (κ3) is 5.71. The van der Waals surface area contributed by atoms with Crippen molar-refractivity contribution in [3.63, 3.8) is 0 Å². The zero-order chi connectivity index (χ0) is 9.40. The van der Waals surface area contributed by atoms with Gasteiger partial charge >= 0.3 is 9.28 Å². The lowest BCUT2D eigenvalue weighted by atomic mass is 10.5. The summed E-state index contributed by atoms with van der Waals surface area (Å²) in [6, 6.07) is 0. The first-order chi connectivity index (χ1) is 5.74. The minimum Gasteiger partial charge on any atom is -0.400 e. The second-order valence-corrected chi connectivity index (χ2v) is 4.64. The Morgan fingerprint density at radius 3 is 2.25 bits per heavy atom. The van der Waals surface area contributed by atoms with Crippen LogP contribution in [-0.4, -0.2) is 47.5 Å². The van der Waals surface area contributed by atoms with Crippen molar-refractivity contribution in [1.82, 2.24) is 4.90 Å². The summed E-state index contributed by atoms with van der Waals surface area (Å²) in [5, 5.41) is 0. The smallest absolute Gasteiger partial charge is 0.317 e. The van der Waals surface area contributed by atoms with E-state index >= 15 is 0 Å². The monoisotopic (exact) mass is 191 g/mol. The van der Waals surface area contributed by atoms with Crippen molar-refractivity contribution < 1.29 is 8.85 Å². The lowest BCUT2D eigenvalue weighted by Crippen LogP contribution is -2.29. The summed E-state index contributed by atoms with van der Waals surface area (Å²) >= 11 is 0. The molecule has 0 N–H and O–H groups in total. The molecular weight excluding hydrogens is 170 g/mol. The molecule has 0 aromatic carbocycles. The summed E-state index contributed by atoms with van der Waals surface area (Å²) in [5.74, 6) is 0. The molecule has 74 valence electrons. The van der Waals surface area contributed by atoms with E-state index in [-0.39, 0.29) is 0 Å². The number of likely N-dealkylation sites (N-methyl/N-ethyl adjacent to an activating group) is 1. The fourth-order valence-corrected chi connectivity index (χ4v) is 1.53.